The van der Waals surface area contributed by atoms with Crippen LogP contribution in [0, 0.1) is 5.92 Å². The number of benzene rings is 1. The highest BCUT2D eigenvalue weighted by Crippen LogP contribution is 2.36. The van der Waals surface area contributed by atoms with E-state index in [1.807, 2.05) is 6.07 Å². The van der Waals surface area contributed by atoms with Crippen molar-refractivity contribution in [3.05, 3.63) is 58.3 Å². The SMILES string of the molecule is Clc1c(-c2ccccc2)nc2c(c1CCC1CCNCC1)C=CCC2. The van der Waals surface area contributed by atoms with Gasteiger partial charge in [0.2, 0.25) is 0 Å². The number of halogens is 1. The molecule has 0 bridgehead atoms. The van der Waals surface area contributed by atoms with Crippen LogP contribution >= 0.6 is 11.6 Å². The number of allylic oxidation sites excluding steroid dienone is 1. The third kappa shape index (κ3) is 3.65. The summed E-state index contributed by atoms with van der Waals surface area (Å²) in [6, 6.07) is 10.4. The Bertz CT molecular complexity index is 761. The average Bonchev–Trinajstić information content (AvgIpc) is 2.68. The van der Waals surface area contributed by atoms with Crippen LogP contribution in [-0.4, -0.2) is 18.1 Å². The monoisotopic (exact) mass is 352 g/mol. The summed E-state index contributed by atoms with van der Waals surface area (Å²) < 4.78 is 0. The first-order valence-corrected chi connectivity index (χ1v) is 9.84. The Morgan fingerprint density at radius 1 is 1.12 bits per heavy atom. The van der Waals surface area contributed by atoms with E-state index in [1.165, 1.54) is 36.1 Å². The van der Waals surface area contributed by atoms with Gasteiger partial charge < -0.3 is 5.32 Å². The topological polar surface area (TPSA) is 24.9 Å². The molecule has 3 heteroatoms. The minimum Gasteiger partial charge on any atom is -0.317 e. The van der Waals surface area contributed by atoms with Crippen LogP contribution in [0.4, 0.5) is 0 Å². The van der Waals surface area contributed by atoms with Crippen molar-refractivity contribution in [2.45, 2.75) is 38.5 Å². The van der Waals surface area contributed by atoms with E-state index in [9.17, 15) is 0 Å². The lowest BCUT2D eigenvalue weighted by Gasteiger charge is -2.24. The van der Waals surface area contributed by atoms with Gasteiger partial charge in [0.25, 0.3) is 0 Å². The number of fused-ring (bicyclic) bond motifs is 1. The first kappa shape index (κ1) is 16.8. The predicted molar refractivity (Wildman–Crippen MR) is 106 cm³/mol. The number of aromatic nitrogens is 1. The van der Waals surface area contributed by atoms with Crippen molar-refractivity contribution < 1.29 is 0 Å². The molecule has 1 aromatic carbocycles. The molecule has 0 amide bonds. The molecule has 4 rings (SSSR count). The van der Waals surface area contributed by atoms with Gasteiger partial charge in [-0.2, -0.15) is 0 Å². The van der Waals surface area contributed by atoms with E-state index in [4.69, 9.17) is 16.6 Å². The molecule has 1 aliphatic heterocycles. The molecule has 25 heavy (non-hydrogen) atoms. The summed E-state index contributed by atoms with van der Waals surface area (Å²) in [6.07, 6.45) is 11.4. The third-order valence-corrected chi connectivity index (χ3v) is 5.90. The van der Waals surface area contributed by atoms with E-state index in [1.54, 1.807) is 0 Å². The predicted octanol–water partition coefficient (Wildman–Crippen LogP) is 5.29. The van der Waals surface area contributed by atoms with Gasteiger partial charge in [-0.15, -0.1) is 0 Å². The van der Waals surface area contributed by atoms with Crippen molar-refractivity contribution in [1.29, 1.82) is 0 Å². The molecule has 130 valence electrons. The summed E-state index contributed by atoms with van der Waals surface area (Å²) in [5.74, 6) is 0.814. The Balaban J connectivity index is 1.69. The zero-order chi connectivity index (χ0) is 17.1. The first-order valence-electron chi connectivity index (χ1n) is 9.47. The Kier molecular flexibility index (Phi) is 5.19. The van der Waals surface area contributed by atoms with Crippen LogP contribution in [0.25, 0.3) is 17.3 Å². The number of nitrogens with zero attached hydrogens (tertiary/aromatic N) is 1. The maximum atomic E-state index is 6.89. The number of piperidine rings is 1. The van der Waals surface area contributed by atoms with Gasteiger partial charge in [-0.1, -0.05) is 54.1 Å². The summed E-state index contributed by atoms with van der Waals surface area (Å²) >= 11 is 6.89. The average molecular weight is 353 g/mol. The molecule has 1 aromatic heterocycles. The van der Waals surface area contributed by atoms with Gasteiger partial charge in [0.05, 0.1) is 10.7 Å². The van der Waals surface area contributed by atoms with Gasteiger partial charge in [-0.25, -0.2) is 0 Å². The van der Waals surface area contributed by atoms with Gasteiger partial charge in [0.1, 0.15) is 0 Å². The normalized spacial score (nSPS) is 17.5. The highest BCUT2D eigenvalue weighted by molar-refractivity contribution is 6.34. The molecule has 2 nitrogen and oxygen atoms in total. The Morgan fingerprint density at radius 3 is 2.72 bits per heavy atom. The third-order valence-electron chi connectivity index (χ3n) is 5.50. The van der Waals surface area contributed by atoms with Gasteiger partial charge in [-0.05, 0) is 63.1 Å². The van der Waals surface area contributed by atoms with Gasteiger partial charge in [0.15, 0.2) is 0 Å². The molecular weight excluding hydrogens is 328 g/mol. The zero-order valence-corrected chi connectivity index (χ0v) is 15.4. The number of pyridine rings is 1. The number of aryl methyl sites for hydroxylation is 1. The van der Waals surface area contributed by atoms with E-state index in [0.717, 1.165) is 54.5 Å². The van der Waals surface area contributed by atoms with E-state index in [2.05, 4.69) is 41.7 Å². The second-order valence-electron chi connectivity index (χ2n) is 7.15. The molecule has 2 aromatic rings. The van der Waals surface area contributed by atoms with Crippen LogP contribution in [-0.2, 0) is 12.8 Å². The molecule has 1 saturated heterocycles. The van der Waals surface area contributed by atoms with Gasteiger partial charge in [-0.3, -0.25) is 4.98 Å². The lowest BCUT2D eigenvalue weighted by atomic mass is 9.88. The van der Waals surface area contributed by atoms with Crippen LogP contribution in [0.1, 0.15) is 42.5 Å². The van der Waals surface area contributed by atoms with E-state index >= 15 is 0 Å². The fraction of sp³-hybridized carbons (Fsp3) is 0.409. The summed E-state index contributed by atoms with van der Waals surface area (Å²) in [6.45, 7) is 2.31. The molecule has 1 fully saturated rings. The van der Waals surface area contributed by atoms with Crippen molar-refractivity contribution in [2.75, 3.05) is 13.1 Å². The summed E-state index contributed by atoms with van der Waals surface area (Å²) in [4.78, 5) is 4.95. The molecular formula is C22H25ClN2. The lowest BCUT2D eigenvalue weighted by Crippen LogP contribution is -2.28. The number of nitrogens with one attached hydrogen (secondary N) is 1. The summed E-state index contributed by atoms with van der Waals surface area (Å²) in [7, 11) is 0. The van der Waals surface area contributed by atoms with Gasteiger partial charge >= 0.3 is 0 Å². The Morgan fingerprint density at radius 2 is 1.92 bits per heavy atom. The summed E-state index contributed by atoms with van der Waals surface area (Å²) in [5.41, 5.74) is 5.88. The van der Waals surface area contributed by atoms with E-state index in [-0.39, 0.29) is 0 Å². The minimum absolute atomic E-state index is 0.814. The van der Waals surface area contributed by atoms with Crippen molar-refractivity contribution in [3.8, 4) is 11.3 Å². The summed E-state index contributed by atoms with van der Waals surface area (Å²) in [5, 5.41) is 4.31. The number of hydrogen-bond acceptors (Lipinski definition) is 2. The standard InChI is InChI=1S/C22H25ClN2/c23-21-19(11-10-16-12-14-24-15-13-16)18-8-4-5-9-20(18)25-22(21)17-6-2-1-3-7-17/h1-4,6-8,16,24H,5,9-15H2. The maximum Gasteiger partial charge on any atom is 0.0894 e. The van der Waals surface area contributed by atoms with Crippen molar-refractivity contribution in [2.24, 2.45) is 5.92 Å². The highest BCUT2D eigenvalue weighted by atomic mass is 35.5. The Hall–Kier alpha value is -1.64. The molecule has 0 unspecified atom stereocenters. The first-order chi connectivity index (χ1) is 12.3. The minimum atomic E-state index is 0.814. The molecule has 0 radical (unpaired) electrons. The molecule has 1 N–H and O–H groups in total. The second kappa shape index (κ2) is 7.72. The molecule has 1 aliphatic carbocycles. The Labute approximate surface area is 155 Å². The highest BCUT2D eigenvalue weighted by Gasteiger charge is 2.21. The van der Waals surface area contributed by atoms with E-state index < -0.39 is 0 Å². The fourth-order valence-corrected chi connectivity index (χ4v) is 4.39. The largest absolute Gasteiger partial charge is 0.317 e. The second-order valence-corrected chi connectivity index (χ2v) is 7.53. The number of rotatable bonds is 4. The fourth-order valence-electron chi connectivity index (χ4n) is 4.04. The lowest BCUT2D eigenvalue weighted by molar-refractivity contribution is 0.354. The van der Waals surface area contributed by atoms with Crippen molar-refractivity contribution in [1.82, 2.24) is 10.3 Å². The smallest absolute Gasteiger partial charge is 0.0894 e. The quantitative estimate of drug-likeness (QED) is 0.808. The molecule has 0 atom stereocenters. The molecule has 0 saturated carbocycles. The van der Waals surface area contributed by atoms with Crippen molar-refractivity contribution in [3.63, 3.8) is 0 Å². The van der Waals surface area contributed by atoms with Crippen molar-refractivity contribution >= 4 is 17.7 Å². The molecule has 2 aliphatic rings. The maximum absolute atomic E-state index is 6.89. The van der Waals surface area contributed by atoms with Crippen LogP contribution in [0.5, 0.6) is 0 Å². The van der Waals surface area contributed by atoms with E-state index in [0.29, 0.717) is 0 Å². The van der Waals surface area contributed by atoms with Crippen LogP contribution < -0.4 is 5.32 Å². The van der Waals surface area contributed by atoms with Gasteiger partial charge in [0, 0.05) is 16.8 Å². The zero-order valence-electron chi connectivity index (χ0n) is 14.6. The van der Waals surface area contributed by atoms with Crippen LogP contribution in [0.3, 0.4) is 0 Å². The molecule has 2 heterocycles. The number of hydrogen-bond donors (Lipinski definition) is 1. The molecule has 0 spiro atoms. The van der Waals surface area contributed by atoms with Crippen LogP contribution in [0.15, 0.2) is 36.4 Å². The van der Waals surface area contributed by atoms with Crippen LogP contribution in [0.2, 0.25) is 5.02 Å².